The molecule has 0 aliphatic rings. The molecule has 2 aromatic rings. The van der Waals surface area contributed by atoms with Gasteiger partial charge >= 0.3 is 0 Å². The number of guanidine groups is 1. The Balaban J connectivity index is 1.84. The van der Waals surface area contributed by atoms with E-state index in [9.17, 15) is 0 Å². The molecule has 0 unspecified atom stereocenters. The first kappa shape index (κ1) is 19.8. The second-order valence-corrected chi connectivity index (χ2v) is 6.43. The topological polar surface area (TPSA) is 71.7 Å². The lowest BCUT2D eigenvalue weighted by Crippen LogP contribution is -2.38. The minimum Gasteiger partial charge on any atom is -0.491 e. The molecule has 0 bridgehead atoms. The number of rotatable bonds is 8. The molecular formula is C20H30N4O2. The lowest BCUT2D eigenvalue weighted by Gasteiger charge is -2.12. The summed E-state index contributed by atoms with van der Waals surface area (Å²) in [5.41, 5.74) is 2.17. The number of benzene rings is 1. The van der Waals surface area contributed by atoms with Gasteiger partial charge in [0.05, 0.1) is 11.8 Å². The molecule has 26 heavy (non-hydrogen) atoms. The predicted molar refractivity (Wildman–Crippen MR) is 105 cm³/mol. The number of aromatic nitrogens is 1. The molecule has 0 saturated heterocycles. The molecule has 0 radical (unpaired) electrons. The normalized spacial score (nSPS) is 11.7. The molecule has 1 heterocycles. The Morgan fingerprint density at radius 2 is 1.92 bits per heavy atom. The van der Waals surface area contributed by atoms with Crippen molar-refractivity contribution in [3.8, 4) is 5.75 Å². The van der Waals surface area contributed by atoms with Crippen molar-refractivity contribution >= 4 is 5.96 Å². The van der Waals surface area contributed by atoms with E-state index < -0.39 is 0 Å². The van der Waals surface area contributed by atoms with Crippen molar-refractivity contribution in [1.29, 1.82) is 0 Å². The van der Waals surface area contributed by atoms with Gasteiger partial charge in [-0.25, -0.2) is 9.98 Å². The van der Waals surface area contributed by atoms with Crippen molar-refractivity contribution in [1.82, 2.24) is 15.6 Å². The lowest BCUT2D eigenvalue weighted by atomic mass is 10.1. The molecule has 6 nitrogen and oxygen atoms in total. The molecule has 0 amide bonds. The minimum absolute atomic E-state index is 0.192. The van der Waals surface area contributed by atoms with Crippen molar-refractivity contribution < 1.29 is 9.15 Å². The van der Waals surface area contributed by atoms with Crippen LogP contribution in [0.5, 0.6) is 5.75 Å². The first-order valence-corrected chi connectivity index (χ1v) is 9.18. The molecule has 2 rings (SSSR count). The molecule has 2 N–H and O–H groups in total. The molecule has 1 aromatic carbocycles. The average Bonchev–Trinajstić information content (AvgIpc) is 2.92. The van der Waals surface area contributed by atoms with Crippen LogP contribution >= 0.6 is 0 Å². The fourth-order valence-electron chi connectivity index (χ4n) is 2.43. The number of aryl methyl sites for hydroxylation is 2. The molecule has 0 aliphatic carbocycles. The summed E-state index contributed by atoms with van der Waals surface area (Å²) in [7, 11) is 0. The first-order chi connectivity index (χ1) is 12.5. The summed E-state index contributed by atoms with van der Waals surface area (Å²) in [5.74, 6) is 3.15. The monoisotopic (exact) mass is 358 g/mol. The Labute approximate surface area is 156 Å². The van der Waals surface area contributed by atoms with Gasteiger partial charge in [-0.15, -0.1) is 0 Å². The highest BCUT2D eigenvalue weighted by molar-refractivity contribution is 5.79. The van der Waals surface area contributed by atoms with E-state index in [0.29, 0.717) is 12.4 Å². The van der Waals surface area contributed by atoms with Crippen LogP contribution in [0.2, 0.25) is 0 Å². The van der Waals surface area contributed by atoms with Gasteiger partial charge in [0, 0.05) is 13.1 Å². The van der Waals surface area contributed by atoms with Gasteiger partial charge in [0.1, 0.15) is 18.1 Å². The Morgan fingerprint density at radius 3 is 2.50 bits per heavy atom. The minimum atomic E-state index is 0.192. The smallest absolute Gasteiger partial charge is 0.216 e. The van der Waals surface area contributed by atoms with E-state index in [1.165, 1.54) is 5.56 Å². The largest absolute Gasteiger partial charge is 0.491 e. The average molecular weight is 358 g/mol. The van der Waals surface area contributed by atoms with Gasteiger partial charge < -0.3 is 19.8 Å². The van der Waals surface area contributed by atoms with Crippen molar-refractivity contribution in [3.63, 3.8) is 0 Å². The third kappa shape index (κ3) is 6.43. The Bertz CT molecular complexity index is 686. The molecule has 0 saturated carbocycles. The van der Waals surface area contributed by atoms with Crippen LogP contribution in [0.4, 0.5) is 0 Å². The maximum atomic E-state index is 5.67. The van der Waals surface area contributed by atoms with E-state index in [4.69, 9.17) is 9.15 Å². The van der Waals surface area contributed by atoms with Crippen LogP contribution in [0.25, 0.3) is 0 Å². The zero-order valence-electron chi connectivity index (χ0n) is 16.4. The summed E-state index contributed by atoms with van der Waals surface area (Å²) < 4.78 is 11.2. The summed E-state index contributed by atoms with van der Waals surface area (Å²) in [6.45, 7) is 12.0. The number of nitrogens with one attached hydrogen (secondary N) is 2. The molecular weight excluding hydrogens is 328 g/mol. The highest BCUT2D eigenvalue weighted by Crippen LogP contribution is 2.14. The van der Waals surface area contributed by atoms with E-state index in [1.807, 2.05) is 46.8 Å². The predicted octanol–water partition coefficient (Wildman–Crippen LogP) is 3.38. The van der Waals surface area contributed by atoms with Crippen LogP contribution in [0.15, 0.2) is 33.7 Å². The van der Waals surface area contributed by atoms with Gasteiger partial charge in [0.15, 0.2) is 5.96 Å². The van der Waals surface area contributed by atoms with Crippen LogP contribution in [-0.4, -0.2) is 30.1 Å². The van der Waals surface area contributed by atoms with Gasteiger partial charge in [-0.3, -0.25) is 0 Å². The van der Waals surface area contributed by atoms with Crippen LogP contribution in [0.1, 0.15) is 43.7 Å². The summed E-state index contributed by atoms with van der Waals surface area (Å²) in [6.07, 6.45) is 1.10. The Hall–Kier alpha value is -2.50. The van der Waals surface area contributed by atoms with Gasteiger partial charge in [-0.05, 0) is 58.7 Å². The van der Waals surface area contributed by atoms with E-state index in [2.05, 4.69) is 32.7 Å². The first-order valence-electron chi connectivity index (χ1n) is 9.18. The van der Waals surface area contributed by atoms with E-state index in [1.54, 1.807) is 0 Å². The number of hydrogen-bond donors (Lipinski definition) is 2. The van der Waals surface area contributed by atoms with Crippen LogP contribution < -0.4 is 15.4 Å². The number of ether oxygens (including phenoxy) is 1. The third-order valence-electron chi connectivity index (χ3n) is 3.79. The van der Waals surface area contributed by atoms with Crippen molar-refractivity contribution in [2.75, 3.05) is 13.1 Å². The highest BCUT2D eigenvalue weighted by Gasteiger charge is 2.05. The third-order valence-corrected chi connectivity index (χ3v) is 3.79. The number of aliphatic imine (C=N–C) groups is 1. The molecule has 1 aromatic heterocycles. The quantitative estimate of drug-likeness (QED) is 0.559. The van der Waals surface area contributed by atoms with Crippen LogP contribution in [0.3, 0.4) is 0 Å². The van der Waals surface area contributed by atoms with Gasteiger partial charge in [0.2, 0.25) is 5.89 Å². The fourth-order valence-corrected chi connectivity index (χ4v) is 2.43. The summed E-state index contributed by atoms with van der Waals surface area (Å²) in [5, 5.41) is 6.59. The maximum Gasteiger partial charge on any atom is 0.216 e. The van der Waals surface area contributed by atoms with E-state index in [-0.39, 0.29) is 6.10 Å². The van der Waals surface area contributed by atoms with Gasteiger partial charge in [-0.1, -0.05) is 12.1 Å². The molecule has 0 spiro atoms. The zero-order valence-corrected chi connectivity index (χ0v) is 16.4. The number of hydrogen-bond acceptors (Lipinski definition) is 4. The number of oxazole rings is 1. The molecule has 0 fully saturated rings. The molecule has 0 atom stereocenters. The summed E-state index contributed by atoms with van der Waals surface area (Å²) in [4.78, 5) is 8.89. The molecule has 142 valence electrons. The Kier molecular flexibility index (Phi) is 7.51. The fraction of sp³-hybridized carbons (Fsp3) is 0.500. The van der Waals surface area contributed by atoms with E-state index >= 15 is 0 Å². The standard InChI is InChI=1S/C20H30N4O2/c1-6-21-20(23-13-19-24-15(4)16(5)26-19)22-12-11-17-7-9-18(10-8-17)25-14(2)3/h7-10,14H,6,11-13H2,1-5H3,(H2,21,22,23). The SMILES string of the molecule is CCNC(=NCc1nc(C)c(C)o1)NCCc1ccc(OC(C)C)cc1. The maximum absolute atomic E-state index is 5.67. The van der Waals surface area contributed by atoms with Crippen molar-refractivity contribution in [3.05, 3.63) is 47.2 Å². The zero-order chi connectivity index (χ0) is 18.9. The van der Waals surface area contributed by atoms with Gasteiger partial charge in [0.25, 0.3) is 0 Å². The number of nitrogens with zero attached hydrogens (tertiary/aromatic N) is 2. The van der Waals surface area contributed by atoms with Crippen LogP contribution in [-0.2, 0) is 13.0 Å². The van der Waals surface area contributed by atoms with Crippen molar-refractivity contribution in [2.24, 2.45) is 4.99 Å². The Morgan fingerprint density at radius 1 is 1.19 bits per heavy atom. The molecule has 6 heteroatoms. The summed E-state index contributed by atoms with van der Waals surface area (Å²) >= 11 is 0. The van der Waals surface area contributed by atoms with Gasteiger partial charge in [-0.2, -0.15) is 0 Å². The lowest BCUT2D eigenvalue weighted by molar-refractivity contribution is 0.242. The molecule has 0 aliphatic heterocycles. The van der Waals surface area contributed by atoms with Crippen LogP contribution in [0, 0.1) is 13.8 Å². The van der Waals surface area contributed by atoms with Crippen molar-refractivity contribution in [2.45, 2.75) is 53.7 Å². The second kappa shape index (κ2) is 9.85. The second-order valence-electron chi connectivity index (χ2n) is 6.43. The highest BCUT2D eigenvalue weighted by atomic mass is 16.5. The summed E-state index contributed by atoms with van der Waals surface area (Å²) in [6, 6.07) is 8.23. The van der Waals surface area contributed by atoms with E-state index in [0.717, 1.165) is 42.7 Å².